The summed E-state index contributed by atoms with van der Waals surface area (Å²) in [4.78, 5) is 2.54. The molecule has 3 aliphatic rings. The van der Waals surface area contributed by atoms with Crippen LogP contribution in [0.1, 0.15) is 49.7 Å². The van der Waals surface area contributed by atoms with Crippen LogP contribution in [0.15, 0.2) is 12.1 Å². The highest BCUT2D eigenvalue weighted by Gasteiger charge is 2.46. The van der Waals surface area contributed by atoms with Crippen molar-refractivity contribution >= 4 is 0 Å². The molecule has 2 fully saturated rings. The van der Waals surface area contributed by atoms with Gasteiger partial charge in [0.05, 0.1) is 7.11 Å². The van der Waals surface area contributed by atoms with E-state index >= 15 is 0 Å². The Bertz CT molecular complexity index is 550. The second kappa shape index (κ2) is 4.98. The van der Waals surface area contributed by atoms with Crippen LogP contribution in [0.2, 0.25) is 0 Å². The summed E-state index contributed by atoms with van der Waals surface area (Å²) >= 11 is 0. The molecule has 1 saturated carbocycles. The third-order valence-electron chi connectivity index (χ3n) is 5.95. The summed E-state index contributed by atoms with van der Waals surface area (Å²) in [6.45, 7) is 1.97. The van der Waals surface area contributed by atoms with E-state index in [9.17, 15) is 4.39 Å². The molecule has 1 aliphatic carbocycles. The molecule has 3 heteroatoms. The molecule has 2 heterocycles. The van der Waals surface area contributed by atoms with Gasteiger partial charge in [0.25, 0.3) is 0 Å². The summed E-state index contributed by atoms with van der Waals surface area (Å²) in [5.74, 6) is 0.567. The summed E-state index contributed by atoms with van der Waals surface area (Å²) in [7, 11) is 1.61. The molecule has 2 nitrogen and oxygen atoms in total. The van der Waals surface area contributed by atoms with Gasteiger partial charge in [-0.3, -0.25) is 4.90 Å². The van der Waals surface area contributed by atoms with Crippen molar-refractivity contribution in [2.45, 2.75) is 57.5 Å². The minimum Gasteiger partial charge on any atom is -0.497 e. The fourth-order valence-electron chi connectivity index (χ4n) is 4.90. The standard InChI is InChI=1S/C18H24FNO/c1-21-15-8-13-7-14-10-18(5-3-2-4-6-18)12-20(14)11-16(13)17(19)9-15/h8-9,14H,2-7,10-12H2,1H3. The first-order chi connectivity index (χ1) is 10.2. The largest absolute Gasteiger partial charge is 0.497 e. The number of methoxy groups -OCH3 is 1. The highest BCUT2D eigenvalue weighted by atomic mass is 19.1. The molecule has 2 aliphatic heterocycles. The van der Waals surface area contributed by atoms with Gasteiger partial charge in [-0.15, -0.1) is 0 Å². The van der Waals surface area contributed by atoms with Crippen LogP contribution in [0.4, 0.5) is 4.39 Å². The summed E-state index contributed by atoms with van der Waals surface area (Å²) in [6, 6.07) is 4.19. The van der Waals surface area contributed by atoms with Gasteiger partial charge in [0.15, 0.2) is 0 Å². The van der Waals surface area contributed by atoms with Gasteiger partial charge >= 0.3 is 0 Å². The summed E-state index contributed by atoms with van der Waals surface area (Å²) in [5.41, 5.74) is 2.60. The van der Waals surface area contributed by atoms with Gasteiger partial charge in [-0.1, -0.05) is 19.3 Å². The maximum atomic E-state index is 14.3. The quantitative estimate of drug-likeness (QED) is 0.777. The van der Waals surface area contributed by atoms with Gasteiger partial charge in [0.2, 0.25) is 0 Å². The monoisotopic (exact) mass is 289 g/mol. The maximum absolute atomic E-state index is 14.3. The number of nitrogens with zero attached hydrogens (tertiary/aromatic N) is 1. The molecule has 1 spiro atoms. The first-order valence-electron chi connectivity index (χ1n) is 8.28. The van der Waals surface area contributed by atoms with E-state index < -0.39 is 0 Å². The normalized spacial score (nSPS) is 27.4. The SMILES string of the molecule is COc1cc(F)c2c(c1)CC1CC3(CCCCC3)CN1C2. The number of fused-ring (bicyclic) bond motifs is 2. The molecule has 0 aromatic heterocycles. The van der Waals surface area contributed by atoms with Crippen LogP contribution in [0.3, 0.4) is 0 Å². The molecule has 0 N–H and O–H groups in total. The Morgan fingerprint density at radius 2 is 2.05 bits per heavy atom. The van der Waals surface area contributed by atoms with Crippen LogP contribution in [0.5, 0.6) is 5.75 Å². The third-order valence-corrected chi connectivity index (χ3v) is 5.95. The number of benzene rings is 1. The molecule has 1 aromatic rings. The molecular formula is C18H24FNO. The minimum atomic E-state index is -0.0904. The summed E-state index contributed by atoms with van der Waals surface area (Å²) in [5, 5.41) is 0. The Hall–Kier alpha value is -1.09. The molecule has 114 valence electrons. The van der Waals surface area contributed by atoms with Gasteiger partial charge in [0.1, 0.15) is 11.6 Å². The first-order valence-corrected chi connectivity index (χ1v) is 8.28. The summed E-state index contributed by atoms with van der Waals surface area (Å²) < 4.78 is 19.5. The summed E-state index contributed by atoms with van der Waals surface area (Å²) in [6.07, 6.45) is 9.23. The lowest BCUT2D eigenvalue weighted by Gasteiger charge is -2.33. The second-order valence-corrected chi connectivity index (χ2v) is 7.27. The number of hydrogen-bond donors (Lipinski definition) is 0. The van der Waals surface area contributed by atoms with E-state index in [1.807, 2.05) is 6.07 Å². The highest BCUT2D eigenvalue weighted by molar-refractivity contribution is 5.39. The molecule has 21 heavy (non-hydrogen) atoms. The zero-order valence-electron chi connectivity index (χ0n) is 12.8. The van der Waals surface area contributed by atoms with E-state index in [4.69, 9.17) is 4.74 Å². The van der Waals surface area contributed by atoms with Crippen LogP contribution in [-0.4, -0.2) is 24.6 Å². The Morgan fingerprint density at radius 3 is 2.81 bits per heavy atom. The third kappa shape index (κ3) is 2.26. The molecule has 0 bridgehead atoms. The number of rotatable bonds is 1. The number of halogens is 1. The van der Waals surface area contributed by atoms with E-state index in [0.29, 0.717) is 17.2 Å². The van der Waals surface area contributed by atoms with E-state index in [-0.39, 0.29) is 5.82 Å². The van der Waals surface area contributed by atoms with E-state index in [0.717, 1.165) is 18.5 Å². The van der Waals surface area contributed by atoms with Crippen LogP contribution in [0, 0.1) is 11.2 Å². The van der Waals surface area contributed by atoms with E-state index in [1.54, 1.807) is 7.11 Å². The van der Waals surface area contributed by atoms with Crippen LogP contribution in [0.25, 0.3) is 0 Å². The van der Waals surface area contributed by atoms with Crippen molar-refractivity contribution in [1.82, 2.24) is 4.90 Å². The molecule has 0 amide bonds. The average Bonchev–Trinajstić information content (AvgIpc) is 2.82. The first kappa shape index (κ1) is 13.6. The number of ether oxygens (including phenoxy) is 1. The lowest BCUT2D eigenvalue weighted by atomic mass is 9.72. The Kier molecular flexibility index (Phi) is 3.21. The van der Waals surface area contributed by atoms with Crippen molar-refractivity contribution in [3.8, 4) is 5.75 Å². The smallest absolute Gasteiger partial charge is 0.131 e. The van der Waals surface area contributed by atoms with Crippen molar-refractivity contribution < 1.29 is 9.13 Å². The van der Waals surface area contributed by atoms with Gasteiger partial charge < -0.3 is 4.74 Å². The molecule has 1 unspecified atom stereocenters. The van der Waals surface area contributed by atoms with Crippen LogP contribution in [-0.2, 0) is 13.0 Å². The molecule has 0 radical (unpaired) electrons. The zero-order chi connectivity index (χ0) is 14.4. The Balaban J connectivity index is 1.61. The number of hydrogen-bond acceptors (Lipinski definition) is 2. The molecule has 4 rings (SSSR count). The van der Waals surface area contributed by atoms with Crippen LogP contribution < -0.4 is 4.74 Å². The lowest BCUT2D eigenvalue weighted by molar-refractivity contribution is 0.174. The Labute approximate surface area is 126 Å². The predicted octanol–water partition coefficient (Wildman–Crippen LogP) is 3.92. The van der Waals surface area contributed by atoms with Gasteiger partial charge in [-0.25, -0.2) is 4.39 Å². The van der Waals surface area contributed by atoms with Gasteiger partial charge in [-0.2, -0.15) is 0 Å². The molecular weight excluding hydrogens is 265 g/mol. The topological polar surface area (TPSA) is 12.5 Å². The van der Waals surface area contributed by atoms with Gasteiger partial charge in [-0.05, 0) is 42.7 Å². The van der Waals surface area contributed by atoms with Crippen molar-refractivity contribution in [2.24, 2.45) is 5.41 Å². The fraction of sp³-hybridized carbons (Fsp3) is 0.667. The van der Waals surface area contributed by atoms with Crippen molar-refractivity contribution in [3.05, 3.63) is 29.1 Å². The van der Waals surface area contributed by atoms with Gasteiger partial charge in [0, 0.05) is 30.8 Å². The molecule has 1 atom stereocenters. The predicted molar refractivity (Wildman–Crippen MR) is 81.0 cm³/mol. The van der Waals surface area contributed by atoms with E-state index in [2.05, 4.69) is 4.90 Å². The maximum Gasteiger partial charge on any atom is 0.131 e. The van der Waals surface area contributed by atoms with Crippen LogP contribution >= 0.6 is 0 Å². The highest BCUT2D eigenvalue weighted by Crippen LogP contribution is 2.49. The Morgan fingerprint density at radius 1 is 1.24 bits per heavy atom. The minimum absolute atomic E-state index is 0.0904. The zero-order valence-corrected chi connectivity index (χ0v) is 12.8. The van der Waals surface area contributed by atoms with Crippen molar-refractivity contribution in [1.29, 1.82) is 0 Å². The van der Waals surface area contributed by atoms with Crippen molar-refractivity contribution in [3.63, 3.8) is 0 Å². The molecule has 1 saturated heterocycles. The average molecular weight is 289 g/mol. The second-order valence-electron chi connectivity index (χ2n) is 7.27. The van der Waals surface area contributed by atoms with Crippen molar-refractivity contribution in [2.75, 3.05) is 13.7 Å². The molecule has 1 aromatic carbocycles. The lowest BCUT2D eigenvalue weighted by Crippen LogP contribution is -2.36. The fourth-order valence-corrected chi connectivity index (χ4v) is 4.90. The van der Waals surface area contributed by atoms with E-state index in [1.165, 1.54) is 56.7 Å².